The van der Waals surface area contributed by atoms with Crippen LogP contribution in [0.1, 0.15) is 45.1 Å². The van der Waals surface area contributed by atoms with Crippen molar-refractivity contribution < 1.29 is 18.8 Å². The lowest BCUT2D eigenvalue weighted by molar-refractivity contribution is -0.152. The number of nitrogens with zero attached hydrogens (tertiary/aromatic N) is 5. The van der Waals surface area contributed by atoms with Gasteiger partial charge in [-0.2, -0.15) is 0 Å². The zero-order valence-electron chi connectivity index (χ0n) is 24.4. The Bertz CT molecular complexity index is 1290. The molecule has 2 N–H and O–H groups in total. The molecule has 0 saturated carbocycles. The van der Waals surface area contributed by atoms with Gasteiger partial charge in [0, 0.05) is 44.9 Å². The highest BCUT2D eigenvalue weighted by molar-refractivity contribution is 5.73. The molecule has 9 nitrogen and oxygen atoms in total. The van der Waals surface area contributed by atoms with Crippen LogP contribution in [0.3, 0.4) is 0 Å². The Balaban J connectivity index is 1.73. The fourth-order valence-electron chi connectivity index (χ4n) is 5.13. The van der Waals surface area contributed by atoms with E-state index in [1.54, 1.807) is 4.90 Å². The lowest BCUT2D eigenvalue weighted by Crippen LogP contribution is -2.52. The summed E-state index contributed by atoms with van der Waals surface area (Å²) in [5.74, 6) is 0.607. The minimum absolute atomic E-state index is 0.0203. The fourth-order valence-corrected chi connectivity index (χ4v) is 5.13. The van der Waals surface area contributed by atoms with Crippen molar-refractivity contribution in [2.24, 2.45) is 11.1 Å². The fraction of sp³-hybridized carbons (Fsp3) is 0.452. The van der Waals surface area contributed by atoms with Crippen molar-refractivity contribution in [2.75, 3.05) is 39.3 Å². The highest BCUT2D eigenvalue weighted by Gasteiger charge is 2.41. The van der Waals surface area contributed by atoms with Crippen LogP contribution in [0.15, 0.2) is 66.9 Å². The summed E-state index contributed by atoms with van der Waals surface area (Å²) in [6.07, 6.45) is -0.141. The molecule has 2 heterocycles. The molecule has 2 aromatic carbocycles. The Labute approximate surface area is 241 Å². The van der Waals surface area contributed by atoms with Crippen LogP contribution in [0.25, 0.3) is 11.3 Å². The molecule has 1 saturated heterocycles. The van der Waals surface area contributed by atoms with Gasteiger partial charge in [-0.1, -0.05) is 81.4 Å². The number of rotatable bonds is 9. The quantitative estimate of drug-likeness (QED) is 0.411. The number of carbonyl (C=O) groups is 2. The molecular formula is C31H41FN6O3. The molecule has 3 aromatic rings. The summed E-state index contributed by atoms with van der Waals surface area (Å²) in [6, 6.07) is 19.2. The van der Waals surface area contributed by atoms with E-state index in [2.05, 4.69) is 0 Å². The van der Waals surface area contributed by atoms with Crippen molar-refractivity contribution in [1.82, 2.24) is 24.4 Å². The molecule has 0 spiro atoms. The molecule has 1 aliphatic heterocycles. The second-order valence-corrected chi connectivity index (χ2v) is 11.5. The predicted octanol–water partition coefficient (Wildman–Crippen LogP) is 4.50. The average molecular weight is 565 g/mol. The largest absolute Gasteiger partial charge is 0.429 e. The zero-order valence-corrected chi connectivity index (χ0v) is 24.4. The van der Waals surface area contributed by atoms with Crippen molar-refractivity contribution in [3.05, 3.63) is 78.2 Å². The molecule has 2 amide bonds. The van der Waals surface area contributed by atoms with E-state index in [4.69, 9.17) is 15.6 Å². The third-order valence-corrected chi connectivity index (χ3v) is 7.23. The summed E-state index contributed by atoms with van der Waals surface area (Å²) in [5.41, 5.74) is 7.91. The molecule has 220 valence electrons. The number of hydroxylamine groups is 2. The molecule has 1 aliphatic rings. The number of hydrogen-bond donors (Lipinski definition) is 1. The standard InChI is InChI=1S/C31H41FN6O3/c1-23(39)35-15-17-37(18-16-35)41-30(40)38(21-26(32)19-33)28(31(2,3)4)29-34-27(25-13-9-6-10-14-25)22-36(29)20-24-11-7-5-8-12-24/h5-14,22,26,28H,15-21,33H2,1-4H3/t26-,28+/m1/s1. The number of hydrogen-bond acceptors (Lipinski definition) is 6. The smallest absolute Gasteiger partial charge is 0.351 e. The normalized spacial score (nSPS) is 15.8. The van der Waals surface area contributed by atoms with Gasteiger partial charge in [0.05, 0.1) is 31.4 Å². The molecular weight excluding hydrogens is 523 g/mol. The first kappa shape index (κ1) is 30.2. The number of imidazole rings is 1. The molecule has 0 aliphatic carbocycles. The zero-order chi connectivity index (χ0) is 29.6. The molecule has 1 aromatic heterocycles. The molecule has 4 rings (SSSR count). The maximum Gasteiger partial charge on any atom is 0.429 e. The Kier molecular flexibility index (Phi) is 9.77. The minimum Gasteiger partial charge on any atom is -0.351 e. The van der Waals surface area contributed by atoms with E-state index in [0.29, 0.717) is 38.5 Å². The summed E-state index contributed by atoms with van der Waals surface area (Å²) in [7, 11) is 0. The maximum absolute atomic E-state index is 15.0. The molecule has 10 heteroatoms. The van der Waals surface area contributed by atoms with Crippen LogP contribution in [0, 0.1) is 5.41 Å². The van der Waals surface area contributed by atoms with E-state index < -0.39 is 23.7 Å². The molecule has 0 bridgehead atoms. The number of piperazine rings is 1. The van der Waals surface area contributed by atoms with E-state index in [-0.39, 0.29) is 19.0 Å². The van der Waals surface area contributed by atoms with Crippen LogP contribution < -0.4 is 5.73 Å². The van der Waals surface area contributed by atoms with Gasteiger partial charge in [0.15, 0.2) is 0 Å². The van der Waals surface area contributed by atoms with Crippen LogP contribution in [-0.2, 0) is 16.2 Å². The Hall–Kier alpha value is -3.76. The van der Waals surface area contributed by atoms with Crippen molar-refractivity contribution in [1.29, 1.82) is 0 Å². The van der Waals surface area contributed by atoms with E-state index >= 15 is 0 Å². The highest BCUT2D eigenvalue weighted by atomic mass is 19.1. The van der Waals surface area contributed by atoms with Gasteiger partial charge >= 0.3 is 6.09 Å². The van der Waals surface area contributed by atoms with Crippen LogP contribution >= 0.6 is 0 Å². The summed E-state index contributed by atoms with van der Waals surface area (Å²) in [6.45, 7) is 9.21. The van der Waals surface area contributed by atoms with Gasteiger partial charge in [-0.05, 0) is 11.0 Å². The lowest BCUT2D eigenvalue weighted by atomic mass is 9.84. The third-order valence-electron chi connectivity index (χ3n) is 7.23. The van der Waals surface area contributed by atoms with Gasteiger partial charge in [0.25, 0.3) is 0 Å². The van der Waals surface area contributed by atoms with Crippen LogP contribution in [-0.4, -0.2) is 81.9 Å². The summed E-state index contributed by atoms with van der Waals surface area (Å²) < 4.78 is 17.0. The highest BCUT2D eigenvalue weighted by Crippen LogP contribution is 2.39. The monoisotopic (exact) mass is 564 g/mol. The molecule has 2 atom stereocenters. The number of carbonyl (C=O) groups excluding carboxylic acids is 2. The van der Waals surface area contributed by atoms with Gasteiger partial charge in [0.2, 0.25) is 5.91 Å². The van der Waals surface area contributed by atoms with Crippen LogP contribution in [0.2, 0.25) is 0 Å². The van der Waals surface area contributed by atoms with Crippen molar-refractivity contribution in [3.8, 4) is 11.3 Å². The Morgan fingerprint density at radius 3 is 2.20 bits per heavy atom. The van der Waals surface area contributed by atoms with Gasteiger partial charge < -0.3 is 20.0 Å². The number of halogens is 1. The van der Waals surface area contributed by atoms with Gasteiger partial charge in [-0.3, -0.25) is 9.69 Å². The first-order valence-corrected chi connectivity index (χ1v) is 14.1. The number of aromatic nitrogens is 2. The minimum atomic E-state index is -1.45. The average Bonchev–Trinajstić information content (AvgIpc) is 3.35. The third kappa shape index (κ3) is 7.71. The number of nitrogens with two attached hydrogens (primary N) is 1. The second kappa shape index (κ2) is 13.3. The van der Waals surface area contributed by atoms with E-state index in [1.165, 1.54) is 16.9 Å². The summed E-state index contributed by atoms with van der Waals surface area (Å²) in [4.78, 5) is 39.6. The molecule has 0 radical (unpaired) electrons. The molecule has 41 heavy (non-hydrogen) atoms. The number of benzene rings is 2. The Morgan fingerprint density at radius 1 is 1.02 bits per heavy atom. The summed E-state index contributed by atoms with van der Waals surface area (Å²) >= 11 is 0. The molecule has 1 fully saturated rings. The van der Waals surface area contributed by atoms with Gasteiger partial charge in [-0.25, -0.2) is 14.2 Å². The SMILES string of the molecule is CC(=O)N1CCN(OC(=O)N(C[C@H](F)CN)[C@@H](c2nc(-c3ccccc3)cn2Cc2ccccc2)C(C)(C)C)CC1. The van der Waals surface area contributed by atoms with E-state index in [9.17, 15) is 14.0 Å². The first-order chi connectivity index (χ1) is 19.6. The van der Waals surface area contributed by atoms with Crippen molar-refractivity contribution in [3.63, 3.8) is 0 Å². The maximum atomic E-state index is 15.0. The van der Waals surface area contributed by atoms with Crippen molar-refractivity contribution >= 4 is 12.0 Å². The van der Waals surface area contributed by atoms with Gasteiger partial charge in [-0.15, -0.1) is 5.06 Å². The lowest BCUT2D eigenvalue weighted by Gasteiger charge is -2.41. The van der Waals surface area contributed by atoms with Crippen LogP contribution in [0.5, 0.6) is 0 Å². The molecule has 0 unspecified atom stereocenters. The number of amides is 2. The number of alkyl halides is 1. The summed E-state index contributed by atoms with van der Waals surface area (Å²) in [5, 5.41) is 1.54. The Morgan fingerprint density at radius 2 is 1.63 bits per heavy atom. The van der Waals surface area contributed by atoms with E-state index in [1.807, 2.05) is 92.2 Å². The second-order valence-electron chi connectivity index (χ2n) is 11.5. The van der Waals surface area contributed by atoms with Crippen LogP contribution in [0.4, 0.5) is 9.18 Å². The predicted molar refractivity (Wildman–Crippen MR) is 156 cm³/mol. The van der Waals surface area contributed by atoms with Crippen molar-refractivity contribution in [2.45, 2.75) is 46.5 Å². The first-order valence-electron chi connectivity index (χ1n) is 14.1. The van der Waals surface area contributed by atoms with E-state index in [0.717, 1.165) is 16.8 Å². The topological polar surface area (TPSA) is 96.9 Å². The van der Waals surface area contributed by atoms with Gasteiger partial charge in [0.1, 0.15) is 12.0 Å².